The molecule has 0 aliphatic heterocycles. The summed E-state index contributed by atoms with van der Waals surface area (Å²) in [5.74, 6) is 6.23. The number of carbonyl (C=O) groups excluding carboxylic acids is 1. The van der Waals surface area contributed by atoms with Crippen molar-refractivity contribution in [2.45, 2.75) is 6.92 Å². The van der Waals surface area contributed by atoms with Crippen molar-refractivity contribution in [3.05, 3.63) is 101 Å². The number of ether oxygens (including phenoxy) is 1. The highest BCUT2D eigenvalue weighted by atomic mass is 16.5. The van der Waals surface area contributed by atoms with Gasteiger partial charge in [0.05, 0.1) is 11.1 Å². The molecule has 0 radical (unpaired) electrons. The first kappa shape index (κ1) is 15.6. The van der Waals surface area contributed by atoms with E-state index < -0.39 is 0 Å². The van der Waals surface area contributed by atoms with Crippen molar-refractivity contribution in [2.75, 3.05) is 0 Å². The van der Waals surface area contributed by atoms with Gasteiger partial charge in [-0.3, -0.25) is 0 Å². The normalized spacial score (nSPS) is 9.71. The highest BCUT2D eigenvalue weighted by molar-refractivity contribution is 5.91. The molecular formula is C22H16O2. The van der Waals surface area contributed by atoms with Crippen molar-refractivity contribution in [3.63, 3.8) is 0 Å². The van der Waals surface area contributed by atoms with Gasteiger partial charge in [-0.2, -0.15) is 0 Å². The number of hydrogen-bond acceptors (Lipinski definition) is 2. The molecule has 2 nitrogen and oxygen atoms in total. The summed E-state index contributed by atoms with van der Waals surface area (Å²) >= 11 is 0. The lowest BCUT2D eigenvalue weighted by atomic mass is 10.1. The average Bonchev–Trinajstić information content (AvgIpc) is 2.62. The molecule has 24 heavy (non-hydrogen) atoms. The van der Waals surface area contributed by atoms with Crippen molar-refractivity contribution in [2.24, 2.45) is 0 Å². The third kappa shape index (κ3) is 3.91. The molecule has 0 heterocycles. The van der Waals surface area contributed by atoms with Crippen LogP contribution in [0.3, 0.4) is 0 Å². The van der Waals surface area contributed by atoms with Crippen LogP contribution in [0.5, 0.6) is 5.75 Å². The van der Waals surface area contributed by atoms with Crippen LogP contribution >= 0.6 is 0 Å². The maximum absolute atomic E-state index is 12.3. The second kappa shape index (κ2) is 7.30. The highest BCUT2D eigenvalue weighted by Crippen LogP contribution is 2.19. The molecule has 2 heteroatoms. The van der Waals surface area contributed by atoms with Gasteiger partial charge in [-0.05, 0) is 43.3 Å². The van der Waals surface area contributed by atoms with Crippen LogP contribution in [0.4, 0.5) is 0 Å². The van der Waals surface area contributed by atoms with E-state index in [2.05, 4.69) is 11.8 Å². The lowest BCUT2D eigenvalue weighted by Crippen LogP contribution is -2.09. The van der Waals surface area contributed by atoms with Crippen molar-refractivity contribution in [3.8, 4) is 17.6 Å². The second-order valence-corrected chi connectivity index (χ2v) is 5.37. The Morgan fingerprint density at radius 3 is 2.21 bits per heavy atom. The lowest BCUT2D eigenvalue weighted by Gasteiger charge is -2.06. The van der Waals surface area contributed by atoms with E-state index in [1.807, 2.05) is 67.6 Å². The Hall–Kier alpha value is -3.31. The molecule has 0 saturated carbocycles. The molecule has 0 aliphatic carbocycles. The monoisotopic (exact) mass is 312 g/mol. The Morgan fingerprint density at radius 1 is 0.792 bits per heavy atom. The lowest BCUT2D eigenvalue weighted by molar-refractivity contribution is 0.0734. The first-order valence-electron chi connectivity index (χ1n) is 7.67. The number of carbonyl (C=O) groups is 1. The Morgan fingerprint density at radius 2 is 1.46 bits per heavy atom. The molecule has 0 N–H and O–H groups in total. The highest BCUT2D eigenvalue weighted by Gasteiger charge is 2.10. The molecule has 116 valence electrons. The molecule has 0 bridgehead atoms. The number of esters is 1. The van der Waals surface area contributed by atoms with E-state index in [-0.39, 0.29) is 5.97 Å². The molecule has 0 spiro atoms. The molecule has 3 aromatic carbocycles. The van der Waals surface area contributed by atoms with Gasteiger partial charge in [-0.25, -0.2) is 4.79 Å². The summed E-state index contributed by atoms with van der Waals surface area (Å²) in [6.07, 6.45) is 0. The van der Waals surface area contributed by atoms with Gasteiger partial charge in [-0.15, -0.1) is 0 Å². The molecule has 0 aromatic heterocycles. The first-order valence-corrected chi connectivity index (χ1v) is 7.67. The molecule has 0 aliphatic rings. The summed E-state index contributed by atoms with van der Waals surface area (Å²) in [4.78, 5) is 12.3. The van der Waals surface area contributed by atoms with Crippen LogP contribution in [0.15, 0.2) is 78.9 Å². The van der Waals surface area contributed by atoms with Crippen LogP contribution in [0.1, 0.15) is 27.0 Å². The van der Waals surface area contributed by atoms with Gasteiger partial charge in [0.2, 0.25) is 0 Å². The van der Waals surface area contributed by atoms with Gasteiger partial charge in [-0.1, -0.05) is 59.9 Å². The number of para-hydroxylation sites is 1. The van der Waals surface area contributed by atoms with E-state index in [0.717, 1.165) is 11.1 Å². The zero-order valence-electron chi connectivity index (χ0n) is 13.3. The van der Waals surface area contributed by atoms with Crippen LogP contribution in [-0.4, -0.2) is 5.97 Å². The van der Waals surface area contributed by atoms with Crippen molar-refractivity contribution in [1.29, 1.82) is 0 Å². The minimum absolute atomic E-state index is 0.385. The SMILES string of the molecule is Cc1ccc(C(=O)Oc2ccccc2C#Cc2ccccc2)cc1. The average molecular weight is 312 g/mol. The van der Waals surface area contributed by atoms with Crippen LogP contribution in [0.2, 0.25) is 0 Å². The molecule has 0 amide bonds. The molecule has 0 unspecified atom stereocenters. The minimum atomic E-state index is -0.385. The molecule has 3 rings (SSSR count). The van der Waals surface area contributed by atoms with Crippen LogP contribution in [0.25, 0.3) is 0 Å². The van der Waals surface area contributed by atoms with Gasteiger partial charge in [0.15, 0.2) is 0 Å². The summed E-state index contributed by atoms with van der Waals surface area (Å²) in [5.41, 5.74) is 3.21. The topological polar surface area (TPSA) is 26.3 Å². The molecule has 0 saturated heterocycles. The Bertz CT molecular complexity index is 898. The van der Waals surface area contributed by atoms with Crippen LogP contribution in [0, 0.1) is 18.8 Å². The third-order valence-corrected chi connectivity index (χ3v) is 3.49. The van der Waals surface area contributed by atoms with E-state index in [0.29, 0.717) is 16.9 Å². The number of aryl methyl sites for hydroxylation is 1. The van der Waals surface area contributed by atoms with Crippen LogP contribution < -0.4 is 4.74 Å². The fourth-order valence-corrected chi connectivity index (χ4v) is 2.17. The number of rotatable bonds is 2. The van der Waals surface area contributed by atoms with Crippen molar-refractivity contribution >= 4 is 5.97 Å². The van der Waals surface area contributed by atoms with Crippen molar-refractivity contribution in [1.82, 2.24) is 0 Å². The fraction of sp³-hybridized carbons (Fsp3) is 0.0455. The van der Waals surface area contributed by atoms with E-state index >= 15 is 0 Å². The summed E-state index contributed by atoms with van der Waals surface area (Å²) in [5, 5.41) is 0. The molecule has 0 fully saturated rings. The maximum Gasteiger partial charge on any atom is 0.343 e. The van der Waals surface area contributed by atoms with Gasteiger partial charge in [0.25, 0.3) is 0 Å². The quantitative estimate of drug-likeness (QED) is 0.392. The Kier molecular flexibility index (Phi) is 4.74. The minimum Gasteiger partial charge on any atom is -0.422 e. The van der Waals surface area contributed by atoms with Crippen molar-refractivity contribution < 1.29 is 9.53 Å². The maximum atomic E-state index is 12.3. The van der Waals surface area contributed by atoms with Gasteiger partial charge in [0.1, 0.15) is 5.75 Å². The predicted molar refractivity (Wildman–Crippen MR) is 95.0 cm³/mol. The summed E-state index contributed by atoms with van der Waals surface area (Å²) in [7, 11) is 0. The summed E-state index contributed by atoms with van der Waals surface area (Å²) < 4.78 is 5.52. The molecular weight excluding hydrogens is 296 g/mol. The number of benzene rings is 3. The summed E-state index contributed by atoms with van der Waals surface area (Å²) in [6.45, 7) is 1.98. The smallest absolute Gasteiger partial charge is 0.343 e. The largest absolute Gasteiger partial charge is 0.422 e. The van der Waals surface area contributed by atoms with E-state index in [1.54, 1.807) is 18.2 Å². The Balaban J connectivity index is 1.83. The standard InChI is InChI=1S/C22H16O2/c1-17-11-14-20(15-12-17)22(23)24-21-10-6-5-9-19(21)16-13-18-7-3-2-4-8-18/h2-12,14-15H,1H3. The number of hydrogen-bond donors (Lipinski definition) is 0. The predicted octanol–water partition coefficient (Wildman–Crippen LogP) is 4.61. The summed E-state index contributed by atoms with van der Waals surface area (Å²) in [6, 6.07) is 24.3. The second-order valence-electron chi connectivity index (χ2n) is 5.37. The Labute approximate surface area is 141 Å². The molecule has 3 aromatic rings. The first-order chi connectivity index (χ1) is 11.7. The van der Waals surface area contributed by atoms with Gasteiger partial charge < -0.3 is 4.74 Å². The third-order valence-electron chi connectivity index (χ3n) is 3.49. The van der Waals surface area contributed by atoms with E-state index in [1.165, 1.54) is 0 Å². The zero-order chi connectivity index (χ0) is 16.8. The van der Waals surface area contributed by atoms with Crippen LogP contribution in [-0.2, 0) is 0 Å². The fourth-order valence-electron chi connectivity index (χ4n) is 2.17. The van der Waals surface area contributed by atoms with E-state index in [4.69, 9.17) is 4.74 Å². The van der Waals surface area contributed by atoms with E-state index in [9.17, 15) is 4.79 Å². The van der Waals surface area contributed by atoms with Gasteiger partial charge >= 0.3 is 5.97 Å². The zero-order valence-corrected chi connectivity index (χ0v) is 13.3. The van der Waals surface area contributed by atoms with Gasteiger partial charge in [0, 0.05) is 5.56 Å². The molecule has 0 atom stereocenters.